The van der Waals surface area contributed by atoms with Crippen LogP contribution in [0.15, 0.2) is 0 Å². The zero-order valence-corrected chi connectivity index (χ0v) is 5.77. The molecule has 0 saturated carbocycles. The van der Waals surface area contributed by atoms with Crippen molar-refractivity contribution in [2.24, 2.45) is 11.8 Å². The Morgan fingerprint density at radius 2 is 2.22 bits per heavy atom. The first-order chi connectivity index (χ1) is 4.22. The Morgan fingerprint density at radius 3 is 2.67 bits per heavy atom. The van der Waals surface area contributed by atoms with Crippen molar-refractivity contribution in [2.75, 3.05) is 6.54 Å². The Labute approximate surface area is 54.8 Å². The maximum atomic E-state index is 10.8. The van der Waals surface area contributed by atoms with Crippen molar-refractivity contribution >= 4 is 5.91 Å². The summed E-state index contributed by atoms with van der Waals surface area (Å²) in [5.74, 6) is 0.721. The molecule has 0 spiro atoms. The second kappa shape index (κ2) is 2.35. The quantitative estimate of drug-likeness (QED) is 0.478. The summed E-state index contributed by atoms with van der Waals surface area (Å²) in [5, 5.41) is 0. The number of hydrogen-bond donors (Lipinski definition) is 2. The smallest absolute Gasteiger partial charge is 0.237 e. The van der Waals surface area contributed by atoms with Crippen LogP contribution in [0.25, 0.3) is 0 Å². The molecule has 0 radical (unpaired) electrons. The zero-order chi connectivity index (χ0) is 6.85. The summed E-state index contributed by atoms with van der Waals surface area (Å²) in [6, 6.07) is 0. The second-order valence-corrected chi connectivity index (χ2v) is 2.64. The Kier molecular flexibility index (Phi) is 1.71. The molecule has 52 valence electrons. The van der Waals surface area contributed by atoms with Crippen LogP contribution in [0, 0.1) is 11.8 Å². The van der Waals surface area contributed by atoms with Gasteiger partial charge in [0.1, 0.15) is 0 Å². The minimum absolute atomic E-state index is 0.105. The van der Waals surface area contributed by atoms with Gasteiger partial charge in [0, 0.05) is 12.5 Å². The Balaban J connectivity index is 2.51. The van der Waals surface area contributed by atoms with Gasteiger partial charge in [0.15, 0.2) is 0 Å². The van der Waals surface area contributed by atoms with E-state index in [2.05, 4.69) is 17.8 Å². The normalized spacial score (nSPS) is 36.0. The van der Waals surface area contributed by atoms with Crippen LogP contribution in [-0.4, -0.2) is 12.5 Å². The summed E-state index contributed by atoms with van der Waals surface area (Å²) in [4.78, 5) is 10.8. The number of carbonyl (C=O) groups is 1. The molecule has 1 heterocycles. The van der Waals surface area contributed by atoms with Gasteiger partial charge in [-0.15, -0.1) is 0 Å². The van der Waals surface area contributed by atoms with Crippen molar-refractivity contribution < 1.29 is 4.79 Å². The molecule has 1 aliphatic rings. The zero-order valence-electron chi connectivity index (χ0n) is 5.77. The number of carbonyl (C=O) groups excluding carboxylic acids is 1. The SMILES string of the molecule is CC1CNNC(=O)C1C. The van der Waals surface area contributed by atoms with Gasteiger partial charge in [0.25, 0.3) is 0 Å². The predicted octanol–water partition coefficient (Wildman–Crippen LogP) is -0.107. The van der Waals surface area contributed by atoms with Crippen LogP contribution in [0.1, 0.15) is 13.8 Å². The van der Waals surface area contributed by atoms with E-state index in [1.807, 2.05) is 6.92 Å². The van der Waals surface area contributed by atoms with Crippen LogP contribution in [-0.2, 0) is 4.79 Å². The molecule has 9 heavy (non-hydrogen) atoms. The number of amides is 1. The molecule has 0 aromatic rings. The number of hydrazine groups is 1. The van der Waals surface area contributed by atoms with E-state index in [9.17, 15) is 4.79 Å². The molecular formula is C6H12N2O. The first-order valence-electron chi connectivity index (χ1n) is 3.24. The van der Waals surface area contributed by atoms with Crippen molar-refractivity contribution in [3.8, 4) is 0 Å². The molecule has 0 aromatic heterocycles. The molecule has 1 aliphatic heterocycles. The lowest BCUT2D eigenvalue weighted by Gasteiger charge is -2.25. The average Bonchev–Trinajstić information content (AvgIpc) is 1.83. The minimum Gasteiger partial charge on any atom is -0.291 e. The second-order valence-electron chi connectivity index (χ2n) is 2.64. The third-order valence-corrected chi connectivity index (χ3v) is 1.90. The monoisotopic (exact) mass is 128 g/mol. The van der Waals surface area contributed by atoms with Gasteiger partial charge >= 0.3 is 0 Å². The molecule has 1 amide bonds. The van der Waals surface area contributed by atoms with Crippen molar-refractivity contribution in [3.63, 3.8) is 0 Å². The standard InChI is InChI=1S/C6H12N2O/c1-4-3-7-8-6(9)5(4)2/h4-5,7H,3H2,1-2H3,(H,8,9). The highest BCUT2D eigenvalue weighted by Crippen LogP contribution is 2.11. The van der Waals surface area contributed by atoms with E-state index in [0.29, 0.717) is 5.92 Å². The first-order valence-corrected chi connectivity index (χ1v) is 3.24. The third-order valence-electron chi connectivity index (χ3n) is 1.90. The van der Waals surface area contributed by atoms with Gasteiger partial charge in [0.2, 0.25) is 5.91 Å². The minimum atomic E-state index is 0.105. The lowest BCUT2D eigenvalue weighted by Crippen LogP contribution is -2.50. The van der Waals surface area contributed by atoms with E-state index >= 15 is 0 Å². The summed E-state index contributed by atoms with van der Waals surface area (Å²) >= 11 is 0. The molecule has 3 heteroatoms. The van der Waals surface area contributed by atoms with Crippen LogP contribution < -0.4 is 10.9 Å². The number of hydrogen-bond acceptors (Lipinski definition) is 2. The van der Waals surface area contributed by atoms with E-state index in [1.165, 1.54) is 0 Å². The van der Waals surface area contributed by atoms with E-state index < -0.39 is 0 Å². The Bertz CT molecular complexity index is 124. The lowest BCUT2D eigenvalue weighted by atomic mass is 9.94. The van der Waals surface area contributed by atoms with Gasteiger partial charge in [-0.05, 0) is 5.92 Å². The highest BCUT2D eigenvalue weighted by atomic mass is 16.2. The Hall–Kier alpha value is -0.570. The first kappa shape index (κ1) is 6.55. The topological polar surface area (TPSA) is 41.1 Å². The van der Waals surface area contributed by atoms with Crippen molar-refractivity contribution in [2.45, 2.75) is 13.8 Å². The Morgan fingerprint density at radius 1 is 1.56 bits per heavy atom. The van der Waals surface area contributed by atoms with Crippen molar-refractivity contribution in [1.29, 1.82) is 0 Å². The molecule has 1 saturated heterocycles. The lowest BCUT2D eigenvalue weighted by molar-refractivity contribution is -0.129. The van der Waals surface area contributed by atoms with Gasteiger partial charge in [-0.3, -0.25) is 10.2 Å². The molecule has 1 rings (SSSR count). The molecule has 1 fully saturated rings. The third kappa shape index (κ3) is 1.21. The van der Waals surface area contributed by atoms with Gasteiger partial charge in [0.05, 0.1) is 0 Å². The van der Waals surface area contributed by atoms with Crippen LogP contribution in [0.2, 0.25) is 0 Å². The highest BCUT2D eigenvalue weighted by Gasteiger charge is 2.23. The maximum Gasteiger partial charge on any atom is 0.237 e. The summed E-state index contributed by atoms with van der Waals surface area (Å²) in [7, 11) is 0. The van der Waals surface area contributed by atoms with Crippen LogP contribution >= 0.6 is 0 Å². The van der Waals surface area contributed by atoms with Gasteiger partial charge in [-0.2, -0.15) is 0 Å². The van der Waals surface area contributed by atoms with Gasteiger partial charge in [-0.1, -0.05) is 13.8 Å². The largest absolute Gasteiger partial charge is 0.291 e. The van der Waals surface area contributed by atoms with E-state index in [4.69, 9.17) is 0 Å². The highest BCUT2D eigenvalue weighted by molar-refractivity contribution is 5.78. The summed E-state index contributed by atoms with van der Waals surface area (Å²) < 4.78 is 0. The summed E-state index contributed by atoms with van der Waals surface area (Å²) in [6.45, 7) is 4.89. The molecular weight excluding hydrogens is 116 g/mol. The fourth-order valence-electron chi connectivity index (χ4n) is 0.848. The molecule has 2 unspecified atom stereocenters. The fourth-order valence-corrected chi connectivity index (χ4v) is 0.848. The summed E-state index contributed by atoms with van der Waals surface area (Å²) in [5.41, 5.74) is 5.39. The van der Waals surface area contributed by atoms with Crippen LogP contribution in [0.5, 0.6) is 0 Å². The fraction of sp³-hybridized carbons (Fsp3) is 0.833. The van der Waals surface area contributed by atoms with E-state index in [0.717, 1.165) is 6.54 Å². The molecule has 0 aliphatic carbocycles. The maximum absolute atomic E-state index is 10.8. The van der Waals surface area contributed by atoms with Gasteiger partial charge in [-0.25, -0.2) is 5.43 Å². The van der Waals surface area contributed by atoms with Crippen molar-refractivity contribution in [3.05, 3.63) is 0 Å². The van der Waals surface area contributed by atoms with Crippen molar-refractivity contribution in [1.82, 2.24) is 10.9 Å². The summed E-state index contributed by atoms with van der Waals surface area (Å²) in [6.07, 6.45) is 0. The molecule has 2 atom stereocenters. The predicted molar refractivity (Wildman–Crippen MR) is 34.5 cm³/mol. The molecule has 2 N–H and O–H groups in total. The van der Waals surface area contributed by atoms with E-state index in [-0.39, 0.29) is 11.8 Å². The number of nitrogens with one attached hydrogen (secondary N) is 2. The molecule has 3 nitrogen and oxygen atoms in total. The van der Waals surface area contributed by atoms with Gasteiger partial charge < -0.3 is 0 Å². The van der Waals surface area contributed by atoms with Crippen LogP contribution in [0.4, 0.5) is 0 Å². The number of rotatable bonds is 0. The molecule has 0 aromatic carbocycles. The average molecular weight is 128 g/mol. The van der Waals surface area contributed by atoms with Crippen LogP contribution in [0.3, 0.4) is 0 Å². The molecule has 0 bridgehead atoms. The van der Waals surface area contributed by atoms with E-state index in [1.54, 1.807) is 0 Å².